The molecule has 1 aromatic heterocycles. The van der Waals surface area contributed by atoms with Crippen LogP contribution in [0.25, 0.3) is 0 Å². The molecule has 5 heteroatoms. The van der Waals surface area contributed by atoms with Gasteiger partial charge in [0.15, 0.2) is 0 Å². The number of aromatic nitrogens is 1. The number of hydrogen-bond donors (Lipinski definition) is 2. The maximum atomic E-state index is 12.1. The van der Waals surface area contributed by atoms with E-state index in [9.17, 15) is 4.79 Å². The molecule has 0 aliphatic carbocycles. The summed E-state index contributed by atoms with van der Waals surface area (Å²) in [6, 6.07) is 7.47. The molecule has 2 rings (SSSR count). The van der Waals surface area contributed by atoms with Gasteiger partial charge in [0.05, 0.1) is 0 Å². The number of ether oxygens (including phenoxy) is 1. The van der Waals surface area contributed by atoms with Gasteiger partial charge in [-0.1, -0.05) is 6.07 Å². The first-order valence-electron chi connectivity index (χ1n) is 7.64. The van der Waals surface area contributed by atoms with E-state index < -0.39 is 0 Å². The van der Waals surface area contributed by atoms with Crippen LogP contribution in [-0.2, 0) is 6.61 Å². The molecule has 0 aliphatic heterocycles. The largest absolute Gasteiger partial charge is 0.488 e. The average molecular weight is 314 g/mol. The second-order valence-electron chi connectivity index (χ2n) is 5.42. The summed E-state index contributed by atoms with van der Waals surface area (Å²) in [6.45, 7) is 4.83. The number of rotatable bonds is 7. The van der Waals surface area contributed by atoms with Crippen LogP contribution in [0.5, 0.6) is 5.75 Å². The van der Waals surface area contributed by atoms with Crippen molar-refractivity contribution < 1.29 is 14.6 Å². The summed E-state index contributed by atoms with van der Waals surface area (Å²) in [5, 5.41) is 11.5. The number of aryl methyl sites for hydroxylation is 2. The summed E-state index contributed by atoms with van der Waals surface area (Å²) in [5.41, 5.74) is 3.44. The number of carbonyl (C=O) groups is 1. The fourth-order valence-corrected chi connectivity index (χ4v) is 2.33. The summed E-state index contributed by atoms with van der Waals surface area (Å²) in [6.07, 6.45) is 4.05. The molecule has 0 unspecified atom stereocenters. The standard InChI is InChI=1S/C18H22N2O3/c1-13-9-16(18(22)20-7-4-8-21)10-14(2)17(13)23-12-15-5-3-6-19-11-15/h3,5-6,9-11,21H,4,7-8,12H2,1-2H3,(H,20,22). The zero-order valence-electron chi connectivity index (χ0n) is 13.5. The van der Waals surface area contributed by atoms with Crippen LogP contribution in [0.2, 0.25) is 0 Å². The zero-order valence-corrected chi connectivity index (χ0v) is 13.5. The van der Waals surface area contributed by atoms with E-state index in [1.165, 1.54) is 0 Å². The fraction of sp³-hybridized carbons (Fsp3) is 0.333. The summed E-state index contributed by atoms with van der Waals surface area (Å²) in [5.74, 6) is 0.657. The van der Waals surface area contributed by atoms with E-state index in [0.29, 0.717) is 25.1 Å². The Labute approximate surface area is 136 Å². The van der Waals surface area contributed by atoms with Crippen molar-refractivity contribution in [3.8, 4) is 5.75 Å². The minimum absolute atomic E-state index is 0.0689. The van der Waals surface area contributed by atoms with Gasteiger partial charge in [-0.15, -0.1) is 0 Å². The van der Waals surface area contributed by atoms with Crippen molar-refractivity contribution in [2.45, 2.75) is 26.9 Å². The summed E-state index contributed by atoms with van der Waals surface area (Å²) >= 11 is 0. The normalized spacial score (nSPS) is 10.4. The molecule has 122 valence electrons. The molecule has 0 saturated heterocycles. The van der Waals surface area contributed by atoms with Gasteiger partial charge in [0.1, 0.15) is 12.4 Å². The number of aliphatic hydroxyl groups excluding tert-OH is 1. The van der Waals surface area contributed by atoms with E-state index in [4.69, 9.17) is 9.84 Å². The van der Waals surface area contributed by atoms with Crippen LogP contribution < -0.4 is 10.1 Å². The van der Waals surface area contributed by atoms with Gasteiger partial charge in [0.25, 0.3) is 5.91 Å². The highest BCUT2D eigenvalue weighted by molar-refractivity contribution is 5.94. The monoisotopic (exact) mass is 314 g/mol. The van der Waals surface area contributed by atoms with Crippen molar-refractivity contribution in [1.29, 1.82) is 0 Å². The number of pyridine rings is 1. The number of amides is 1. The molecular weight excluding hydrogens is 292 g/mol. The van der Waals surface area contributed by atoms with Gasteiger partial charge < -0.3 is 15.2 Å². The molecule has 0 atom stereocenters. The molecular formula is C18H22N2O3. The lowest BCUT2D eigenvalue weighted by Crippen LogP contribution is -2.25. The predicted molar refractivity (Wildman–Crippen MR) is 88.5 cm³/mol. The van der Waals surface area contributed by atoms with Crippen LogP contribution >= 0.6 is 0 Å². The first-order chi connectivity index (χ1) is 11.1. The maximum Gasteiger partial charge on any atom is 0.251 e. The van der Waals surface area contributed by atoms with Gasteiger partial charge in [0, 0.05) is 36.7 Å². The van der Waals surface area contributed by atoms with Crippen molar-refractivity contribution >= 4 is 5.91 Å². The van der Waals surface area contributed by atoms with Crippen molar-refractivity contribution in [2.75, 3.05) is 13.2 Å². The summed E-state index contributed by atoms with van der Waals surface area (Å²) in [4.78, 5) is 16.1. The van der Waals surface area contributed by atoms with Crippen LogP contribution in [0, 0.1) is 13.8 Å². The first kappa shape index (κ1) is 17.0. The average Bonchev–Trinajstić information content (AvgIpc) is 2.55. The van der Waals surface area contributed by atoms with Crippen LogP contribution in [0.4, 0.5) is 0 Å². The van der Waals surface area contributed by atoms with E-state index in [2.05, 4.69) is 10.3 Å². The lowest BCUT2D eigenvalue weighted by molar-refractivity contribution is 0.0951. The number of carbonyl (C=O) groups excluding carboxylic acids is 1. The van der Waals surface area contributed by atoms with Gasteiger partial charge >= 0.3 is 0 Å². The lowest BCUT2D eigenvalue weighted by Gasteiger charge is -2.14. The third kappa shape index (κ3) is 4.79. The summed E-state index contributed by atoms with van der Waals surface area (Å²) in [7, 11) is 0. The molecule has 2 aromatic rings. The molecule has 0 saturated carbocycles. The van der Waals surface area contributed by atoms with Gasteiger partial charge in [-0.2, -0.15) is 0 Å². The van der Waals surface area contributed by atoms with E-state index in [0.717, 1.165) is 22.4 Å². The Hall–Kier alpha value is -2.40. The molecule has 1 heterocycles. The third-order valence-electron chi connectivity index (χ3n) is 3.45. The molecule has 1 aromatic carbocycles. The van der Waals surface area contributed by atoms with Crippen LogP contribution in [0.3, 0.4) is 0 Å². The van der Waals surface area contributed by atoms with Crippen LogP contribution in [0.15, 0.2) is 36.7 Å². The van der Waals surface area contributed by atoms with E-state index >= 15 is 0 Å². The van der Waals surface area contributed by atoms with Crippen molar-refractivity contribution in [3.05, 3.63) is 58.9 Å². The minimum atomic E-state index is -0.136. The Morgan fingerprint density at radius 2 is 2.04 bits per heavy atom. The number of nitrogens with zero attached hydrogens (tertiary/aromatic N) is 1. The Kier molecular flexibility index (Phi) is 6.11. The molecule has 23 heavy (non-hydrogen) atoms. The number of nitrogens with one attached hydrogen (secondary N) is 1. The Morgan fingerprint density at radius 3 is 2.65 bits per heavy atom. The topological polar surface area (TPSA) is 71.5 Å². The van der Waals surface area contributed by atoms with E-state index in [-0.39, 0.29) is 12.5 Å². The fourth-order valence-electron chi connectivity index (χ4n) is 2.33. The number of hydrogen-bond acceptors (Lipinski definition) is 4. The zero-order chi connectivity index (χ0) is 16.7. The van der Waals surface area contributed by atoms with Crippen LogP contribution in [0.1, 0.15) is 33.5 Å². The molecule has 5 nitrogen and oxygen atoms in total. The Balaban J connectivity index is 2.06. The first-order valence-corrected chi connectivity index (χ1v) is 7.64. The van der Waals surface area contributed by atoms with Crippen molar-refractivity contribution in [3.63, 3.8) is 0 Å². The number of benzene rings is 1. The highest BCUT2D eigenvalue weighted by atomic mass is 16.5. The highest BCUT2D eigenvalue weighted by Gasteiger charge is 2.11. The van der Waals surface area contributed by atoms with Crippen molar-refractivity contribution in [1.82, 2.24) is 10.3 Å². The van der Waals surface area contributed by atoms with Crippen molar-refractivity contribution in [2.24, 2.45) is 0 Å². The second-order valence-corrected chi connectivity index (χ2v) is 5.42. The smallest absolute Gasteiger partial charge is 0.251 e. The predicted octanol–water partition coefficient (Wildman–Crippen LogP) is 2.39. The van der Waals surface area contributed by atoms with Gasteiger partial charge in [-0.3, -0.25) is 9.78 Å². The highest BCUT2D eigenvalue weighted by Crippen LogP contribution is 2.25. The van der Waals surface area contributed by atoms with Gasteiger partial charge in [0.2, 0.25) is 0 Å². The Morgan fingerprint density at radius 1 is 1.30 bits per heavy atom. The maximum absolute atomic E-state index is 12.1. The third-order valence-corrected chi connectivity index (χ3v) is 3.45. The number of aliphatic hydroxyl groups is 1. The SMILES string of the molecule is Cc1cc(C(=O)NCCCO)cc(C)c1OCc1cccnc1. The molecule has 0 radical (unpaired) electrons. The minimum Gasteiger partial charge on any atom is -0.488 e. The summed E-state index contributed by atoms with van der Waals surface area (Å²) < 4.78 is 5.88. The Bertz CT molecular complexity index is 634. The quantitative estimate of drug-likeness (QED) is 0.770. The molecule has 0 spiro atoms. The molecule has 0 bridgehead atoms. The van der Waals surface area contributed by atoms with Crippen LogP contribution in [-0.4, -0.2) is 29.1 Å². The second kappa shape index (κ2) is 8.29. The van der Waals surface area contributed by atoms with Gasteiger partial charge in [-0.25, -0.2) is 0 Å². The lowest BCUT2D eigenvalue weighted by atomic mass is 10.0. The molecule has 1 amide bonds. The molecule has 0 fully saturated rings. The molecule has 0 aliphatic rings. The van der Waals surface area contributed by atoms with Gasteiger partial charge in [-0.05, 0) is 49.6 Å². The molecule has 2 N–H and O–H groups in total. The van der Waals surface area contributed by atoms with E-state index in [1.54, 1.807) is 12.4 Å². The van der Waals surface area contributed by atoms with E-state index in [1.807, 2.05) is 38.1 Å².